The van der Waals surface area contributed by atoms with Crippen LogP contribution < -0.4 is 5.32 Å². The fourth-order valence-corrected chi connectivity index (χ4v) is 2.19. The summed E-state index contributed by atoms with van der Waals surface area (Å²) in [6, 6.07) is 0. The third kappa shape index (κ3) is 3.44. The van der Waals surface area contributed by atoms with Gasteiger partial charge >= 0.3 is 0 Å². The molecular formula is C12H26N2O. The minimum absolute atomic E-state index is 0.152. The van der Waals surface area contributed by atoms with E-state index in [4.69, 9.17) is 0 Å². The SMILES string of the molecule is CNC(C)(CO)CN1CCC(C)C(C)C1. The maximum Gasteiger partial charge on any atom is 0.0623 e. The van der Waals surface area contributed by atoms with Crippen molar-refractivity contribution in [1.82, 2.24) is 10.2 Å². The molecule has 0 radical (unpaired) electrons. The average Bonchev–Trinajstić information content (AvgIpc) is 2.23. The van der Waals surface area contributed by atoms with Gasteiger partial charge in [0.05, 0.1) is 12.1 Å². The first-order valence-corrected chi connectivity index (χ1v) is 6.03. The van der Waals surface area contributed by atoms with Gasteiger partial charge in [0.1, 0.15) is 0 Å². The lowest BCUT2D eigenvalue weighted by atomic mass is 9.88. The number of likely N-dealkylation sites (tertiary alicyclic amines) is 1. The van der Waals surface area contributed by atoms with Crippen molar-refractivity contribution >= 4 is 0 Å². The summed E-state index contributed by atoms with van der Waals surface area (Å²) in [5.74, 6) is 1.62. The minimum atomic E-state index is -0.152. The maximum atomic E-state index is 9.34. The number of piperidine rings is 1. The van der Waals surface area contributed by atoms with Crippen LogP contribution in [0.2, 0.25) is 0 Å². The third-order valence-electron chi connectivity index (χ3n) is 3.94. The zero-order valence-electron chi connectivity index (χ0n) is 10.6. The van der Waals surface area contributed by atoms with Crippen LogP contribution in [-0.4, -0.2) is 48.8 Å². The Morgan fingerprint density at radius 2 is 2.07 bits per heavy atom. The Morgan fingerprint density at radius 1 is 1.40 bits per heavy atom. The van der Waals surface area contributed by atoms with Crippen LogP contribution in [0.4, 0.5) is 0 Å². The molecule has 0 bridgehead atoms. The van der Waals surface area contributed by atoms with E-state index in [0.717, 1.165) is 18.4 Å². The number of aliphatic hydroxyl groups is 1. The highest BCUT2D eigenvalue weighted by atomic mass is 16.3. The van der Waals surface area contributed by atoms with E-state index >= 15 is 0 Å². The Balaban J connectivity index is 2.45. The summed E-state index contributed by atoms with van der Waals surface area (Å²) in [6.45, 7) is 10.2. The van der Waals surface area contributed by atoms with Crippen molar-refractivity contribution in [2.75, 3.05) is 33.3 Å². The van der Waals surface area contributed by atoms with E-state index < -0.39 is 0 Å². The molecule has 0 aromatic rings. The topological polar surface area (TPSA) is 35.5 Å². The molecule has 15 heavy (non-hydrogen) atoms. The molecule has 3 atom stereocenters. The number of aliphatic hydroxyl groups excluding tert-OH is 1. The third-order valence-corrected chi connectivity index (χ3v) is 3.94. The van der Waals surface area contributed by atoms with Crippen LogP contribution in [0.15, 0.2) is 0 Å². The molecule has 1 rings (SSSR count). The molecule has 0 amide bonds. The molecule has 1 heterocycles. The van der Waals surface area contributed by atoms with Crippen molar-refractivity contribution in [3.63, 3.8) is 0 Å². The summed E-state index contributed by atoms with van der Waals surface area (Å²) in [6.07, 6.45) is 1.28. The van der Waals surface area contributed by atoms with Gasteiger partial charge in [-0.25, -0.2) is 0 Å². The molecule has 0 aliphatic carbocycles. The molecule has 1 fully saturated rings. The standard InChI is InChI=1S/C12H26N2O/c1-10-5-6-14(7-11(10)2)8-12(3,9-15)13-4/h10-11,13,15H,5-9H2,1-4H3. The number of nitrogens with zero attached hydrogens (tertiary/aromatic N) is 1. The van der Waals surface area contributed by atoms with Gasteiger partial charge in [-0.15, -0.1) is 0 Å². The van der Waals surface area contributed by atoms with Gasteiger partial charge < -0.3 is 15.3 Å². The van der Waals surface area contributed by atoms with Crippen LogP contribution >= 0.6 is 0 Å². The Bertz CT molecular complexity index is 192. The largest absolute Gasteiger partial charge is 0.394 e. The van der Waals surface area contributed by atoms with E-state index in [1.54, 1.807) is 0 Å². The Labute approximate surface area is 93.9 Å². The summed E-state index contributed by atoms with van der Waals surface area (Å²) in [4.78, 5) is 2.47. The minimum Gasteiger partial charge on any atom is -0.394 e. The maximum absolute atomic E-state index is 9.34. The number of nitrogens with one attached hydrogen (secondary N) is 1. The average molecular weight is 214 g/mol. The molecule has 0 saturated carbocycles. The molecule has 0 aromatic heterocycles. The summed E-state index contributed by atoms with van der Waals surface area (Å²) < 4.78 is 0. The number of likely N-dealkylation sites (N-methyl/N-ethyl adjacent to an activating group) is 1. The Hall–Kier alpha value is -0.120. The zero-order chi connectivity index (χ0) is 11.5. The fraction of sp³-hybridized carbons (Fsp3) is 1.00. The lowest BCUT2D eigenvalue weighted by Crippen LogP contribution is -2.54. The predicted octanol–water partition coefficient (Wildman–Crippen LogP) is 0.935. The second-order valence-corrected chi connectivity index (χ2v) is 5.45. The first-order chi connectivity index (χ1) is 7.00. The lowest BCUT2D eigenvalue weighted by molar-refractivity contribution is 0.0804. The zero-order valence-corrected chi connectivity index (χ0v) is 10.6. The summed E-state index contributed by atoms with van der Waals surface area (Å²) >= 11 is 0. The number of rotatable bonds is 4. The molecule has 1 aliphatic heterocycles. The summed E-state index contributed by atoms with van der Waals surface area (Å²) in [7, 11) is 1.92. The highest BCUT2D eigenvalue weighted by Crippen LogP contribution is 2.23. The molecule has 90 valence electrons. The molecular weight excluding hydrogens is 188 g/mol. The van der Waals surface area contributed by atoms with E-state index in [-0.39, 0.29) is 12.1 Å². The first kappa shape index (κ1) is 12.9. The molecule has 0 spiro atoms. The van der Waals surface area contributed by atoms with E-state index in [0.29, 0.717) is 0 Å². The van der Waals surface area contributed by atoms with Gasteiger partial charge in [-0.05, 0) is 38.8 Å². The van der Waals surface area contributed by atoms with Gasteiger partial charge in [0.25, 0.3) is 0 Å². The van der Waals surface area contributed by atoms with Crippen LogP contribution in [0.3, 0.4) is 0 Å². The normalized spacial score (nSPS) is 32.6. The second-order valence-electron chi connectivity index (χ2n) is 5.45. The molecule has 3 unspecified atom stereocenters. The second kappa shape index (κ2) is 5.28. The molecule has 0 aromatic carbocycles. The van der Waals surface area contributed by atoms with E-state index in [1.165, 1.54) is 19.5 Å². The first-order valence-electron chi connectivity index (χ1n) is 6.03. The van der Waals surface area contributed by atoms with Gasteiger partial charge in [0.2, 0.25) is 0 Å². The molecule has 1 aliphatic rings. The predicted molar refractivity (Wildman–Crippen MR) is 63.9 cm³/mol. The summed E-state index contributed by atoms with van der Waals surface area (Å²) in [5.41, 5.74) is -0.152. The molecule has 2 N–H and O–H groups in total. The van der Waals surface area contributed by atoms with Crippen molar-refractivity contribution in [1.29, 1.82) is 0 Å². The van der Waals surface area contributed by atoms with Crippen LogP contribution in [-0.2, 0) is 0 Å². The van der Waals surface area contributed by atoms with Gasteiger partial charge in [0, 0.05) is 13.1 Å². The Morgan fingerprint density at radius 3 is 2.53 bits per heavy atom. The van der Waals surface area contributed by atoms with E-state index in [9.17, 15) is 5.11 Å². The molecule has 3 heteroatoms. The van der Waals surface area contributed by atoms with Gasteiger partial charge in [-0.3, -0.25) is 0 Å². The fourth-order valence-electron chi connectivity index (χ4n) is 2.19. The van der Waals surface area contributed by atoms with Crippen molar-refractivity contribution in [3.05, 3.63) is 0 Å². The van der Waals surface area contributed by atoms with E-state index in [2.05, 4.69) is 31.0 Å². The van der Waals surface area contributed by atoms with Crippen molar-refractivity contribution in [3.8, 4) is 0 Å². The van der Waals surface area contributed by atoms with Gasteiger partial charge in [0.15, 0.2) is 0 Å². The summed E-state index contributed by atoms with van der Waals surface area (Å²) in [5, 5.41) is 12.6. The van der Waals surface area contributed by atoms with Crippen LogP contribution in [0.1, 0.15) is 27.2 Å². The van der Waals surface area contributed by atoms with Crippen LogP contribution in [0.5, 0.6) is 0 Å². The number of hydrogen-bond acceptors (Lipinski definition) is 3. The van der Waals surface area contributed by atoms with Crippen LogP contribution in [0.25, 0.3) is 0 Å². The van der Waals surface area contributed by atoms with Gasteiger partial charge in [-0.1, -0.05) is 13.8 Å². The van der Waals surface area contributed by atoms with Crippen molar-refractivity contribution < 1.29 is 5.11 Å². The lowest BCUT2D eigenvalue weighted by Gasteiger charge is -2.40. The highest BCUT2D eigenvalue weighted by molar-refractivity contribution is 4.87. The van der Waals surface area contributed by atoms with Gasteiger partial charge in [-0.2, -0.15) is 0 Å². The molecule has 1 saturated heterocycles. The van der Waals surface area contributed by atoms with E-state index in [1.807, 2.05) is 7.05 Å². The van der Waals surface area contributed by atoms with Crippen molar-refractivity contribution in [2.45, 2.75) is 32.7 Å². The van der Waals surface area contributed by atoms with Crippen molar-refractivity contribution in [2.24, 2.45) is 11.8 Å². The quantitative estimate of drug-likeness (QED) is 0.731. The number of hydrogen-bond donors (Lipinski definition) is 2. The monoisotopic (exact) mass is 214 g/mol. The Kier molecular flexibility index (Phi) is 4.56. The smallest absolute Gasteiger partial charge is 0.0623 e. The van der Waals surface area contributed by atoms with Crippen LogP contribution in [0, 0.1) is 11.8 Å². The molecule has 3 nitrogen and oxygen atoms in total. The highest BCUT2D eigenvalue weighted by Gasteiger charge is 2.29.